The third-order valence-electron chi connectivity index (χ3n) is 4.37. The van der Waals surface area contributed by atoms with Crippen LogP contribution >= 0.6 is 11.6 Å². The first-order valence-corrected chi connectivity index (χ1v) is 10.0. The molecule has 144 valence electrons. The molecule has 0 aromatic heterocycles. The number of piperazine rings is 1. The van der Waals surface area contributed by atoms with Crippen LogP contribution in [0.2, 0.25) is 5.02 Å². The molecule has 27 heavy (non-hydrogen) atoms. The molecule has 0 radical (unpaired) electrons. The number of benzene rings is 2. The molecule has 6 nitrogen and oxygen atoms in total. The van der Waals surface area contributed by atoms with Crippen molar-refractivity contribution in [1.29, 1.82) is 0 Å². The van der Waals surface area contributed by atoms with Crippen molar-refractivity contribution in [3.63, 3.8) is 0 Å². The number of carbonyl (C=O) groups is 1. The lowest BCUT2D eigenvalue weighted by Gasteiger charge is -2.34. The van der Waals surface area contributed by atoms with E-state index in [2.05, 4.69) is 0 Å². The van der Waals surface area contributed by atoms with Crippen LogP contribution in [0.1, 0.15) is 10.4 Å². The zero-order valence-corrected chi connectivity index (χ0v) is 16.1. The molecule has 1 aliphatic rings. The van der Waals surface area contributed by atoms with Gasteiger partial charge in [-0.15, -0.1) is 0 Å². The lowest BCUT2D eigenvalue weighted by molar-refractivity contribution is 0.0693. The first kappa shape index (κ1) is 19.6. The molecule has 2 aromatic rings. The molecule has 9 heteroatoms. The molecule has 1 amide bonds. The van der Waals surface area contributed by atoms with Crippen LogP contribution in [0.25, 0.3) is 0 Å². The van der Waals surface area contributed by atoms with E-state index >= 15 is 0 Å². The van der Waals surface area contributed by atoms with Gasteiger partial charge in [0.2, 0.25) is 10.0 Å². The number of carbonyl (C=O) groups excluding carboxylic acids is 1. The average molecular weight is 413 g/mol. The molecule has 0 N–H and O–H groups in total. The van der Waals surface area contributed by atoms with E-state index in [1.807, 2.05) is 0 Å². The largest absolute Gasteiger partial charge is 0.497 e. The van der Waals surface area contributed by atoms with Gasteiger partial charge in [-0.1, -0.05) is 17.7 Å². The van der Waals surface area contributed by atoms with Gasteiger partial charge in [-0.3, -0.25) is 4.79 Å². The lowest BCUT2D eigenvalue weighted by Crippen LogP contribution is -2.50. The Hall–Kier alpha value is -2.16. The molecular formula is C18H18ClFN2O4S. The SMILES string of the molecule is COc1ccc(C(=O)N2CCN(S(=O)(=O)c3cccc(Cl)c3)CC2)c(F)c1. The van der Waals surface area contributed by atoms with E-state index in [0.29, 0.717) is 10.8 Å². The number of sulfonamides is 1. The monoisotopic (exact) mass is 412 g/mol. The van der Waals surface area contributed by atoms with Crippen molar-refractivity contribution in [1.82, 2.24) is 9.21 Å². The fourth-order valence-corrected chi connectivity index (χ4v) is 4.60. The minimum atomic E-state index is -3.70. The summed E-state index contributed by atoms with van der Waals surface area (Å²) in [5, 5.41) is 0.333. The van der Waals surface area contributed by atoms with Crippen molar-refractivity contribution in [3.8, 4) is 5.75 Å². The van der Waals surface area contributed by atoms with Crippen molar-refractivity contribution in [3.05, 3.63) is 58.9 Å². The normalized spacial score (nSPS) is 15.6. The number of hydrogen-bond acceptors (Lipinski definition) is 4. The van der Waals surface area contributed by atoms with E-state index in [9.17, 15) is 17.6 Å². The molecule has 1 fully saturated rings. The van der Waals surface area contributed by atoms with Crippen molar-refractivity contribution in [2.45, 2.75) is 4.90 Å². The number of halogens is 2. The lowest BCUT2D eigenvalue weighted by atomic mass is 10.1. The Labute approximate surface area is 162 Å². The van der Waals surface area contributed by atoms with Gasteiger partial charge in [0.15, 0.2) is 0 Å². The van der Waals surface area contributed by atoms with E-state index in [4.69, 9.17) is 16.3 Å². The van der Waals surface area contributed by atoms with Crippen molar-refractivity contribution in [2.24, 2.45) is 0 Å². The van der Waals surface area contributed by atoms with E-state index in [-0.39, 0.29) is 36.6 Å². The second kappa shape index (κ2) is 7.84. The Morgan fingerprint density at radius 1 is 1.11 bits per heavy atom. The Balaban J connectivity index is 1.71. The Bertz CT molecular complexity index is 960. The summed E-state index contributed by atoms with van der Waals surface area (Å²) in [6, 6.07) is 10.1. The topological polar surface area (TPSA) is 66.9 Å². The van der Waals surface area contributed by atoms with Crippen LogP contribution in [-0.2, 0) is 10.0 Å². The zero-order valence-electron chi connectivity index (χ0n) is 14.6. The average Bonchev–Trinajstić information content (AvgIpc) is 2.67. The third kappa shape index (κ3) is 4.07. The highest BCUT2D eigenvalue weighted by Crippen LogP contribution is 2.22. The van der Waals surface area contributed by atoms with Gasteiger partial charge in [-0.2, -0.15) is 4.31 Å². The molecule has 1 heterocycles. The third-order valence-corrected chi connectivity index (χ3v) is 6.50. The Morgan fingerprint density at radius 3 is 2.41 bits per heavy atom. The van der Waals surface area contributed by atoms with Crippen LogP contribution in [0.4, 0.5) is 4.39 Å². The predicted molar refractivity (Wildman–Crippen MR) is 99.1 cm³/mol. The summed E-state index contributed by atoms with van der Waals surface area (Å²) in [4.78, 5) is 14.1. The van der Waals surface area contributed by atoms with Crippen LogP contribution in [0, 0.1) is 5.82 Å². The molecule has 0 unspecified atom stereocenters. The smallest absolute Gasteiger partial charge is 0.256 e. The summed E-state index contributed by atoms with van der Waals surface area (Å²) in [5.41, 5.74) is -0.0676. The summed E-state index contributed by atoms with van der Waals surface area (Å²) in [6.45, 7) is 0.588. The standard InChI is InChI=1S/C18H18ClFN2O4S/c1-26-14-5-6-16(17(20)12-14)18(23)21-7-9-22(10-8-21)27(24,25)15-4-2-3-13(19)11-15/h2-6,11-12H,7-10H2,1H3. The second-order valence-corrected chi connectivity index (χ2v) is 8.37. The van der Waals surface area contributed by atoms with Gasteiger partial charge in [0.1, 0.15) is 11.6 Å². The van der Waals surface area contributed by atoms with Gasteiger partial charge in [0, 0.05) is 37.3 Å². The molecule has 0 spiro atoms. The Morgan fingerprint density at radius 2 is 1.81 bits per heavy atom. The molecule has 0 atom stereocenters. The summed E-state index contributed by atoms with van der Waals surface area (Å²) < 4.78 is 45.8. The first-order chi connectivity index (χ1) is 12.8. The van der Waals surface area contributed by atoms with E-state index in [0.717, 1.165) is 6.07 Å². The Kier molecular flexibility index (Phi) is 5.69. The van der Waals surface area contributed by atoms with Gasteiger partial charge in [-0.05, 0) is 30.3 Å². The summed E-state index contributed by atoms with van der Waals surface area (Å²) in [5.74, 6) is -0.829. The van der Waals surface area contributed by atoms with Crippen LogP contribution < -0.4 is 4.74 Å². The maximum atomic E-state index is 14.1. The van der Waals surface area contributed by atoms with Crippen molar-refractivity contribution >= 4 is 27.5 Å². The molecule has 3 rings (SSSR count). The fraction of sp³-hybridized carbons (Fsp3) is 0.278. The van der Waals surface area contributed by atoms with Gasteiger partial charge < -0.3 is 9.64 Å². The van der Waals surface area contributed by atoms with Crippen molar-refractivity contribution in [2.75, 3.05) is 33.3 Å². The molecular weight excluding hydrogens is 395 g/mol. The van der Waals surface area contributed by atoms with Crippen molar-refractivity contribution < 1.29 is 22.3 Å². The number of amides is 1. The van der Waals surface area contributed by atoms with Crippen LogP contribution in [0.3, 0.4) is 0 Å². The number of methoxy groups -OCH3 is 1. The number of rotatable bonds is 4. The highest BCUT2D eigenvalue weighted by molar-refractivity contribution is 7.89. The van der Waals surface area contributed by atoms with E-state index in [1.54, 1.807) is 12.1 Å². The van der Waals surface area contributed by atoms with Gasteiger partial charge >= 0.3 is 0 Å². The van der Waals surface area contributed by atoms with E-state index in [1.165, 1.54) is 40.6 Å². The number of ether oxygens (including phenoxy) is 1. The highest BCUT2D eigenvalue weighted by atomic mass is 35.5. The number of nitrogens with zero attached hydrogens (tertiary/aromatic N) is 2. The summed E-state index contributed by atoms with van der Waals surface area (Å²) in [7, 11) is -2.28. The predicted octanol–water partition coefficient (Wildman–Crippen LogP) is 2.63. The molecule has 0 bridgehead atoms. The summed E-state index contributed by atoms with van der Waals surface area (Å²) in [6.07, 6.45) is 0. The quantitative estimate of drug-likeness (QED) is 0.774. The van der Waals surface area contributed by atoms with Crippen LogP contribution in [0.15, 0.2) is 47.4 Å². The second-order valence-electron chi connectivity index (χ2n) is 6.00. The minimum absolute atomic E-state index is 0.0676. The van der Waals surface area contributed by atoms with Crippen LogP contribution in [0.5, 0.6) is 5.75 Å². The number of hydrogen-bond donors (Lipinski definition) is 0. The maximum absolute atomic E-state index is 14.1. The molecule has 0 aliphatic carbocycles. The van der Waals surface area contributed by atoms with E-state index < -0.39 is 21.7 Å². The highest BCUT2D eigenvalue weighted by Gasteiger charge is 2.31. The molecule has 1 saturated heterocycles. The van der Waals surface area contributed by atoms with Crippen LogP contribution in [-0.4, -0.2) is 56.8 Å². The van der Waals surface area contributed by atoms with Gasteiger partial charge in [0.25, 0.3) is 5.91 Å². The zero-order chi connectivity index (χ0) is 19.6. The fourth-order valence-electron chi connectivity index (χ4n) is 2.87. The minimum Gasteiger partial charge on any atom is -0.497 e. The molecule has 1 aliphatic heterocycles. The molecule has 0 saturated carbocycles. The first-order valence-electron chi connectivity index (χ1n) is 8.21. The van der Waals surface area contributed by atoms with Gasteiger partial charge in [0.05, 0.1) is 17.6 Å². The maximum Gasteiger partial charge on any atom is 0.256 e. The van der Waals surface area contributed by atoms with Gasteiger partial charge in [-0.25, -0.2) is 12.8 Å². The molecule has 2 aromatic carbocycles. The summed E-state index contributed by atoms with van der Waals surface area (Å²) >= 11 is 5.88.